The molecule has 1 aliphatic rings. The highest BCUT2D eigenvalue weighted by Gasteiger charge is 2.24. The second kappa shape index (κ2) is 9.79. The number of hydrogen-bond acceptors (Lipinski definition) is 7. The number of esters is 1. The van der Waals surface area contributed by atoms with E-state index in [0.29, 0.717) is 28.2 Å². The predicted molar refractivity (Wildman–Crippen MR) is 112 cm³/mol. The lowest BCUT2D eigenvalue weighted by molar-refractivity contribution is -0.145. The molecule has 8 heteroatoms. The Labute approximate surface area is 172 Å². The van der Waals surface area contributed by atoms with Crippen molar-refractivity contribution in [2.75, 3.05) is 20.3 Å². The molecule has 29 heavy (non-hydrogen) atoms. The fourth-order valence-corrected chi connectivity index (χ4v) is 3.33. The van der Waals surface area contributed by atoms with E-state index < -0.39 is 5.97 Å². The average Bonchev–Trinajstić information content (AvgIpc) is 3.06. The van der Waals surface area contributed by atoms with Crippen molar-refractivity contribution in [3.8, 4) is 11.5 Å². The molecule has 1 aliphatic heterocycles. The molecule has 7 nitrogen and oxygen atoms in total. The van der Waals surface area contributed by atoms with E-state index in [2.05, 4.69) is 10.3 Å². The molecule has 2 aromatic rings. The molecule has 1 fully saturated rings. The van der Waals surface area contributed by atoms with Crippen LogP contribution in [0.2, 0.25) is 0 Å². The lowest BCUT2D eigenvalue weighted by Crippen LogP contribution is -2.19. The number of carbonyl (C=O) groups is 2. The molecule has 0 unspecified atom stereocenters. The van der Waals surface area contributed by atoms with Crippen molar-refractivity contribution in [1.29, 1.82) is 0 Å². The second-order valence-corrected chi connectivity index (χ2v) is 6.85. The molecule has 1 N–H and O–H groups in total. The smallest absolute Gasteiger partial charge is 0.344 e. The van der Waals surface area contributed by atoms with Crippen LogP contribution in [0.1, 0.15) is 12.5 Å². The maximum absolute atomic E-state index is 12.3. The predicted octanol–water partition coefficient (Wildman–Crippen LogP) is 3.53. The minimum Gasteiger partial charge on any atom is -0.493 e. The number of amidine groups is 1. The first kappa shape index (κ1) is 20.5. The van der Waals surface area contributed by atoms with Gasteiger partial charge in [-0.25, -0.2) is 9.79 Å². The molecule has 1 saturated heterocycles. The number of carbonyl (C=O) groups excluding carboxylic acids is 2. The number of nitrogens with one attached hydrogen (secondary N) is 1. The van der Waals surface area contributed by atoms with Crippen LogP contribution in [-0.4, -0.2) is 37.4 Å². The zero-order valence-corrected chi connectivity index (χ0v) is 16.8. The van der Waals surface area contributed by atoms with E-state index in [1.54, 1.807) is 31.2 Å². The van der Waals surface area contributed by atoms with Crippen LogP contribution in [0.15, 0.2) is 58.4 Å². The summed E-state index contributed by atoms with van der Waals surface area (Å²) in [4.78, 5) is 28.6. The number of methoxy groups -OCH3 is 1. The van der Waals surface area contributed by atoms with Gasteiger partial charge in [-0.3, -0.25) is 4.79 Å². The van der Waals surface area contributed by atoms with Crippen LogP contribution in [0, 0.1) is 0 Å². The van der Waals surface area contributed by atoms with Gasteiger partial charge in [0.15, 0.2) is 23.3 Å². The Hall–Kier alpha value is -3.26. The largest absolute Gasteiger partial charge is 0.493 e. The van der Waals surface area contributed by atoms with Crippen LogP contribution < -0.4 is 14.8 Å². The molecular weight excluding hydrogens is 392 g/mol. The topological polar surface area (TPSA) is 86.2 Å². The third kappa shape index (κ3) is 5.61. The molecular formula is C21H20N2O5S. The lowest BCUT2D eigenvalue weighted by atomic mass is 10.2. The molecule has 2 aromatic carbocycles. The van der Waals surface area contributed by atoms with Crippen LogP contribution in [0.3, 0.4) is 0 Å². The highest BCUT2D eigenvalue weighted by atomic mass is 32.2. The van der Waals surface area contributed by atoms with Gasteiger partial charge in [-0.1, -0.05) is 24.3 Å². The molecule has 150 valence electrons. The van der Waals surface area contributed by atoms with E-state index >= 15 is 0 Å². The Morgan fingerprint density at radius 1 is 1.17 bits per heavy atom. The number of benzene rings is 2. The highest BCUT2D eigenvalue weighted by Crippen LogP contribution is 2.32. The van der Waals surface area contributed by atoms with Crippen LogP contribution in [0.5, 0.6) is 11.5 Å². The zero-order valence-electron chi connectivity index (χ0n) is 16.0. The van der Waals surface area contributed by atoms with E-state index in [0.717, 1.165) is 11.3 Å². The summed E-state index contributed by atoms with van der Waals surface area (Å²) in [5, 5.41) is 3.28. The molecule has 0 saturated carbocycles. The Balaban J connectivity index is 1.73. The van der Waals surface area contributed by atoms with Crippen molar-refractivity contribution < 1.29 is 23.8 Å². The van der Waals surface area contributed by atoms with E-state index in [9.17, 15) is 9.59 Å². The van der Waals surface area contributed by atoms with Gasteiger partial charge < -0.3 is 19.5 Å². The standard InChI is InChI=1S/C21H20N2O5S/c1-3-27-19(24)13-28-16-10-9-14(11-17(16)26-2)12-18-20(25)23-21(29-18)22-15-7-5-4-6-8-15/h4-12H,3,13H2,1-2H3,(H,22,23,25)/b18-12-. The van der Waals surface area contributed by atoms with E-state index in [1.165, 1.54) is 18.9 Å². The zero-order chi connectivity index (χ0) is 20.6. The van der Waals surface area contributed by atoms with Gasteiger partial charge in [-0.05, 0) is 54.6 Å². The lowest BCUT2D eigenvalue weighted by Gasteiger charge is -2.11. The fraction of sp³-hybridized carbons (Fsp3) is 0.190. The van der Waals surface area contributed by atoms with E-state index in [4.69, 9.17) is 14.2 Å². The summed E-state index contributed by atoms with van der Waals surface area (Å²) in [6.45, 7) is 1.82. The number of hydrogen-bond donors (Lipinski definition) is 1. The van der Waals surface area contributed by atoms with Crippen molar-refractivity contribution in [3.63, 3.8) is 0 Å². The SMILES string of the molecule is CCOC(=O)COc1ccc(/C=C2\SC(=Nc3ccccc3)NC2=O)cc1OC. The number of para-hydroxylation sites is 1. The number of nitrogens with zero attached hydrogens (tertiary/aromatic N) is 1. The van der Waals surface area contributed by atoms with Crippen LogP contribution >= 0.6 is 11.8 Å². The van der Waals surface area contributed by atoms with Gasteiger partial charge in [0.1, 0.15) is 0 Å². The minimum atomic E-state index is -0.454. The Kier molecular flexibility index (Phi) is 6.91. The first-order valence-corrected chi connectivity index (χ1v) is 9.71. The number of rotatable bonds is 7. The molecule has 0 bridgehead atoms. The third-order valence-corrected chi connectivity index (χ3v) is 4.68. The summed E-state index contributed by atoms with van der Waals surface area (Å²) in [5.41, 5.74) is 1.52. The van der Waals surface area contributed by atoms with Gasteiger partial charge in [0.2, 0.25) is 0 Å². The molecule has 0 aromatic heterocycles. The summed E-state index contributed by atoms with van der Waals surface area (Å²) in [5.74, 6) is 0.194. The summed E-state index contributed by atoms with van der Waals surface area (Å²) < 4.78 is 15.6. The maximum atomic E-state index is 12.3. The third-order valence-electron chi connectivity index (χ3n) is 3.77. The van der Waals surface area contributed by atoms with Crippen molar-refractivity contribution in [2.24, 2.45) is 4.99 Å². The second-order valence-electron chi connectivity index (χ2n) is 5.82. The number of ether oxygens (including phenoxy) is 3. The quantitative estimate of drug-likeness (QED) is 0.553. The highest BCUT2D eigenvalue weighted by molar-refractivity contribution is 8.18. The summed E-state index contributed by atoms with van der Waals surface area (Å²) >= 11 is 1.26. The van der Waals surface area contributed by atoms with Gasteiger partial charge >= 0.3 is 5.97 Å². The van der Waals surface area contributed by atoms with Crippen LogP contribution in [0.4, 0.5) is 5.69 Å². The molecule has 0 radical (unpaired) electrons. The Morgan fingerprint density at radius 3 is 2.69 bits per heavy atom. The van der Waals surface area contributed by atoms with Gasteiger partial charge in [0.05, 0.1) is 24.3 Å². The normalized spacial score (nSPS) is 16.0. The van der Waals surface area contributed by atoms with Gasteiger partial charge in [-0.15, -0.1) is 0 Å². The average molecular weight is 412 g/mol. The van der Waals surface area contributed by atoms with Crippen molar-refractivity contribution >= 4 is 40.6 Å². The summed E-state index contributed by atoms with van der Waals surface area (Å²) in [7, 11) is 1.51. The summed E-state index contributed by atoms with van der Waals surface area (Å²) in [6, 6.07) is 14.6. The fourth-order valence-electron chi connectivity index (χ4n) is 2.48. The molecule has 1 heterocycles. The monoisotopic (exact) mass is 412 g/mol. The maximum Gasteiger partial charge on any atom is 0.344 e. The molecule has 0 aliphatic carbocycles. The van der Waals surface area contributed by atoms with Crippen molar-refractivity contribution in [1.82, 2.24) is 5.32 Å². The Morgan fingerprint density at radius 2 is 1.97 bits per heavy atom. The molecule has 3 rings (SSSR count). The van der Waals surface area contributed by atoms with Crippen LogP contribution in [-0.2, 0) is 14.3 Å². The van der Waals surface area contributed by atoms with E-state index in [-0.39, 0.29) is 12.5 Å². The van der Waals surface area contributed by atoms with Gasteiger partial charge in [0.25, 0.3) is 5.91 Å². The van der Waals surface area contributed by atoms with Gasteiger partial charge in [0, 0.05) is 0 Å². The molecule has 0 spiro atoms. The molecule has 0 atom stereocenters. The first-order valence-electron chi connectivity index (χ1n) is 8.90. The number of aliphatic imine (C=N–C) groups is 1. The number of amides is 1. The summed E-state index contributed by atoms with van der Waals surface area (Å²) in [6.07, 6.45) is 1.74. The minimum absolute atomic E-state index is 0.206. The number of thioether (sulfide) groups is 1. The Bertz CT molecular complexity index is 957. The molecule has 1 amide bonds. The van der Waals surface area contributed by atoms with E-state index in [1.807, 2.05) is 30.3 Å². The first-order chi connectivity index (χ1) is 14.1. The van der Waals surface area contributed by atoms with Crippen molar-refractivity contribution in [3.05, 3.63) is 59.0 Å². The van der Waals surface area contributed by atoms with Gasteiger partial charge in [-0.2, -0.15) is 0 Å². The van der Waals surface area contributed by atoms with Crippen LogP contribution in [0.25, 0.3) is 6.08 Å². The van der Waals surface area contributed by atoms with Crippen molar-refractivity contribution in [2.45, 2.75) is 6.92 Å².